The summed E-state index contributed by atoms with van der Waals surface area (Å²) in [4.78, 5) is 0. The van der Waals surface area contributed by atoms with Crippen LogP contribution >= 0.6 is 0 Å². The maximum Gasteiger partial charge on any atom is 0.173 e. The Morgan fingerprint density at radius 1 is 1.50 bits per heavy atom. The van der Waals surface area contributed by atoms with Gasteiger partial charge in [-0.25, -0.2) is 4.39 Å². The summed E-state index contributed by atoms with van der Waals surface area (Å²) in [5.74, 6) is -0.724. The highest BCUT2D eigenvalue weighted by molar-refractivity contribution is 5.97. The van der Waals surface area contributed by atoms with Gasteiger partial charge in [0, 0.05) is 37.5 Å². The fraction of sp³-hybridized carbons (Fsp3) is 0.231. The van der Waals surface area contributed by atoms with Gasteiger partial charge < -0.3 is 16.3 Å². The summed E-state index contributed by atoms with van der Waals surface area (Å²) < 4.78 is 15.8. The number of aromatic nitrogens is 2. The van der Waals surface area contributed by atoms with E-state index in [1.165, 1.54) is 6.07 Å². The number of nitrogens with one attached hydrogen (secondary N) is 1. The van der Waals surface area contributed by atoms with Gasteiger partial charge in [0.25, 0.3) is 0 Å². The van der Waals surface area contributed by atoms with Gasteiger partial charge in [0.15, 0.2) is 5.84 Å². The van der Waals surface area contributed by atoms with Crippen molar-refractivity contribution in [3.05, 3.63) is 53.1 Å². The third-order valence-electron chi connectivity index (χ3n) is 2.87. The third-order valence-corrected chi connectivity index (χ3v) is 2.87. The molecule has 0 saturated carbocycles. The molecule has 0 aliphatic rings. The average molecular weight is 277 g/mol. The number of hydrogen-bond acceptors (Lipinski definition) is 4. The highest BCUT2D eigenvalue weighted by atomic mass is 19.1. The van der Waals surface area contributed by atoms with Crippen LogP contribution in [0.3, 0.4) is 0 Å². The molecular formula is C13H16FN5O. The lowest BCUT2D eigenvalue weighted by molar-refractivity contribution is 0.318. The van der Waals surface area contributed by atoms with Crippen LogP contribution in [0.15, 0.2) is 35.7 Å². The van der Waals surface area contributed by atoms with Crippen LogP contribution in [0.5, 0.6) is 0 Å². The summed E-state index contributed by atoms with van der Waals surface area (Å²) in [6.07, 6.45) is 3.63. The van der Waals surface area contributed by atoms with Crippen LogP contribution in [0.2, 0.25) is 0 Å². The summed E-state index contributed by atoms with van der Waals surface area (Å²) in [7, 11) is 1.84. The average Bonchev–Trinajstić information content (AvgIpc) is 2.85. The van der Waals surface area contributed by atoms with Gasteiger partial charge in [-0.1, -0.05) is 17.3 Å². The van der Waals surface area contributed by atoms with E-state index in [-0.39, 0.29) is 11.4 Å². The van der Waals surface area contributed by atoms with E-state index in [9.17, 15) is 4.39 Å². The van der Waals surface area contributed by atoms with Crippen LogP contribution in [-0.2, 0) is 20.1 Å². The fourth-order valence-corrected chi connectivity index (χ4v) is 1.87. The van der Waals surface area contributed by atoms with E-state index in [2.05, 4.69) is 15.6 Å². The molecule has 2 rings (SSSR count). The van der Waals surface area contributed by atoms with Crippen LogP contribution in [0, 0.1) is 5.82 Å². The Kier molecular flexibility index (Phi) is 4.31. The zero-order valence-electron chi connectivity index (χ0n) is 11.0. The van der Waals surface area contributed by atoms with E-state index in [1.807, 2.05) is 13.2 Å². The van der Waals surface area contributed by atoms with Gasteiger partial charge in [-0.3, -0.25) is 4.68 Å². The van der Waals surface area contributed by atoms with Crippen molar-refractivity contribution in [2.24, 2.45) is 17.9 Å². The van der Waals surface area contributed by atoms with E-state index in [4.69, 9.17) is 10.9 Å². The number of amidine groups is 1. The molecule has 6 nitrogen and oxygen atoms in total. The van der Waals surface area contributed by atoms with Gasteiger partial charge in [0.1, 0.15) is 5.82 Å². The first-order valence-corrected chi connectivity index (χ1v) is 6.05. The molecule has 106 valence electrons. The molecule has 0 amide bonds. The summed E-state index contributed by atoms with van der Waals surface area (Å²) in [6.45, 7) is 0.925. The Morgan fingerprint density at radius 3 is 2.95 bits per heavy atom. The molecule has 0 radical (unpaired) electrons. The van der Waals surface area contributed by atoms with E-state index in [0.717, 1.165) is 5.56 Å². The number of nitrogens with two attached hydrogens (primary N) is 1. The zero-order chi connectivity index (χ0) is 14.5. The standard InChI is InChI=1S/C13H16FN5O/c1-19-8-9(6-17-19)5-16-7-10-3-2-4-11(12(10)14)13(15)18-20/h2-4,6,8,16,20H,5,7H2,1H3,(H2,15,18). The first-order valence-electron chi connectivity index (χ1n) is 6.05. The van der Waals surface area contributed by atoms with Gasteiger partial charge in [-0.15, -0.1) is 0 Å². The van der Waals surface area contributed by atoms with Crippen molar-refractivity contribution in [1.82, 2.24) is 15.1 Å². The van der Waals surface area contributed by atoms with Gasteiger partial charge in [-0.2, -0.15) is 5.10 Å². The van der Waals surface area contributed by atoms with Gasteiger partial charge >= 0.3 is 0 Å². The normalized spacial score (nSPS) is 11.8. The molecule has 0 bridgehead atoms. The predicted octanol–water partition coefficient (Wildman–Crippen LogP) is 0.943. The Hall–Kier alpha value is -2.41. The molecule has 4 N–H and O–H groups in total. The van der Waals surface area contributed by atoms with Crippen molar-refractivity contribution < 1.29 is 9.60 Å². The number of nitrogens with zero attached hydrogens (tertiary/aromatic N) is 3. The number of hydrogen-bond donors (Lipinski definition) is 3. The topological polar surface area (TPSA) is 88.5 Å². The predicted molar refractivity (Wildman–Crippen MR) is 72.7 cm³/mol. The Labute approximate surface area is 115 Å². The van der Waals surface area contributed by atoms with Gasteiger partial charge in [-0.05, 0) is 6.07 Å². The van der Waals surface area contributed by atoms with Crippen molar-refractivity contribution in [3.63, 3.8) is 0 Å². The molecule has 0 atom stereocenters. The molecule has 0 saturated heterocycles. The molecule has 0 spiro atoms. The molecule has 0 unspecified atom stereocenters. The fourth-order valence-electron chi connectivity index (χ4n) is 1.87. The molecular weight excluding hydrogens is 261 g/mol. The molecule has 1 heterocycles. The van der Waals surface area contributed by atoms with Crippen molar-refractivity contribution in [2.75, 3.05) is 0 Å². The highest BCUT2D eigenvalue weighted by Gasteiger charge is 2.11. The monoisotopic (exact) mass is 277 g/mol. The van der Waals surface area contributed by atoms with Gasteiger partial charge in [0.2, 0.25) is 0 Å². The van der Waals surface area contributed by atoms with Crippen LogP contribution in [-0.4, -0.2) is 20.8 Å². The molecule has 1 aromatic heterocycles. The van der Waals surface area contributed by atoms with E-state index in [0.29, 0.717) is 18.7 Å². The number of benzene rings is 1. The summed E-state index contributed by atoms with van der Waals surface area (Å²) in [5.41, 5.74) is 6.98. The molecule has 2 aromatic rings. The first kappa shape index (κ1) is 14.0. The maximum absolute atomic E-state index is 14.1. The zero-order valence-corrected chi connectivity index (χ0v) is 11.0. The molecule has 0 fully saturated rings. The second-order valence-corrected chi connectivity index (χ2v) is 4.39. The minimum Gasteiger partial charge on any atom is -0.409 e. The molecule has 0 aliphatic heterocycles. The maximum atomic E-state index is 14.1. The third kappa shape index (κ3) is 3.12. The van der Waals surface area contributed by atoms with Crippen molar-refractivity contribution in [3.8, 4) is 0 Å². The summed E-state index contributed by atoms with van der Waals surface area (Å²) in [5, 5.41) is 18.6. The Bertz CT molecular complexity index is 623. The Balaban J connectivity index is 2.03. The largest absolute Gasteiger partial charge is 0.409 e. The highest BCUT2D eigenvalue weighted by Crippen LogP contribution is 2.13. The van der Waals surface area contributed by atoms with E-state index in [1.54, 1.807) is 23.0 Å². The Morgan fingerprint density at radius 2 is 2.30 bits per heavy atom. The minimum absolute atomic E-state index is 0.0909. The van der Waals surface area contributed by atoms with Crippen LogP contribution in [0.25, 0.3) is 0 Å². The number of rotatable bonds is 5. The summed E-state index contributed by atoms with van der Waals surface area (Å²) >= 11 is 0. The van der Waals surface area contributed by atoms with Crippen molar-refractivity contribution in [1.29, 1.82) is 0 Å². The van der Waals surface area contributed by atoms with Crippen LogP contribution in [0.4, 0.5) is 4.39 Å². The van der Waals surface area contributed by atoms with E-state index < -0.39 is 5.82 Å². The van der Waals surface area contributed by atoms with Gasteiger partial charge in [0.05, 0.1) is 11.8 Å². The van der Waals surface area contributed by atoms with Crippen LogP contribution < -0.4 is 11.1 Å². The minimum atomic E-state index is -0.485. The number of oxime groups is 1. The number of halogens is 1. The quantitative estimate of drug-likeness (QED) is 0.328. The second kappa shape index (κ2) is 6.16. The molecule has 7 heteroatoms. The lowest BCUT2D eigenvalue weighted by Crippen LogP contribution is -2.18. The number of aryl methyl sites for hydroxylation is 1. The summed E-state index contributed by atoms with van der Waals surface area (Å²) in [6, 6.07) is 4.78. The lowest BCUT2D eigenvalue weighted by atomic mass is 10.1. The SMILES string of the molecule is Cn1cc(CNCc2cccc(/C(N)=N/O)c2F)cn1. The lowest BCUT2D eigenvalue weighted by Gasteiger charge is -2.08. The molecule has 1 aromatic carbocycles. The smallest absolute Gasteiger partial charge is 0.173 e. The molecule has 0 aliphatic carbocycles. The van der Waals surface area contributed by atoms with Crippen molar-refractivity contribution in [2.45, 2.75) is 13.1 Å². The first-order chi connectivity index (χ1) is 9.61. The second-order valence-electron chi connectivity index (χ2n) is 4.39. The van der Waals surface area contributed by atoms with Crippen molar-refractivity contribution >= 4 is 5.84 Å². The van der Waals surface area contributed by atoms with E-state index >= 15 is 0 Å². The van der Waals surface area contributed by atoms with Crippen LogP contribution in [0.1, 0.15) is 16.7 Å². The molecule has 20 heavy (non-hydrogen) atoms.